The minimum atomic E-state index is -3.24. The zero-order chi connectivity index (χ0) is 34.2. The van der Waals surface area contributed by atoms with Crippen LogP contribution < -0.4 is 41.3 Å². The normalized spacial score (nSPS) is 11.5. The van der Waals surface area contributed by atoms with Crippen molar-refractivity contribution in [1.82, 2.24) is 4.98 Å². The van der Waals surface area contributed by atoms with Crippen LogP contribution in [-0.2, 0) is 22.3 Å². The average Bonchev–Trinajstić information content (AvgIpc) is 3.20. The highest BCUT2D eigenvalue weighted by Gasteiger charge is 2.33. The van der Waals surface area contributed by atoms with Crippen LogP contribution in [0.4, 0.5) is 0 Å². The summed E-state index contributed by atoms with van der Waals surface area (Å²) in [6, 6.07) is 59.0. The number of para-hydroxylation sites is 2. The van der Waals surface area contributed by atoms with Crippen molar-refractivity contribution in [3.63, 3.8) is 0 Å². The molecule has 7 rings (SSSR count). The molecule has 1 heterocycles. The summed E-state index contributed by atoms with van der Waals surface area (Å²) in [6.45, 7) is 0.338. The number of rotatable bonds is 12. The van der Waals surface area contributed by atoms with Gasteiger partial charge in [0.2, 0.25) is 0 Å². The Bertz CT molecular complexity index is 2030. The van der Waals surface area contributed by atoms with Crippen LogP contribution in [-0.4, -0.2) is 4.98 Å². The molecule has 50 heavy (non-hydrogen) atoms. The van der Waals surface area contributed by atoms with Gasteiger partial charge in [-0.25, -0.2) is 0 Å². The van der Waals surface area contributed by atoms with Crippen molar-refractivity contribution in [3.8, 4) is 11.5 Å². The van der Waals surface area contributed by atoms with Gasteiger partial charge in [-0.3, -0.25) is 4.98 Å². The summed E-state index contributed by atoms with van der Waals surface area (Å²) in [5.74, 6) is 1.08. The van der Waals surface area contributed by atoms with Crippen molar-refractivity contribution in [2.75, 3.05) is 0 Å². The molecule has 0 aliphatic heterocycles. The van der Waals surface area contributed by atoms with Crippen molar-refractivity contribution >= 4 is 46.1 Å². The lowest BCUT2D eigenvalue weighted by atomic mass is 10.3. The fourth-order valence-corrected chi connectivity index (χ4v) is 11.6. The summed E-state index contributed by atoms with van der Waals surface area (Å²) in [6.07, 6.45) is 0. The molecular weight excluding hydrogens is 656 g/mol. The molecule has 246 valence electrons. The minimum absolute atomic E-state index is 0.169. The molecule has 0 spiro atoms. The Morgan fingerprint density at radius 2 is 0.660 bits per heavy atom. The lowest BCUT2D eigenvalue weighted by Crippen LogP contribution is -2.26. The second kappa shape index (κ2) is 15.0. The monoisotopic (exact) mass is 691 g/mol. The van der Waals surface area contributed by atoms with E-state index in [-0.39, 0.29) is 13.2 Å². The summed E-state index contributed by atoms with van der Waals surface area (Å²) >= 11 is 0. The van der Waals surface area contributed by atoms with E-state index in [2.05, 4.69) is 0 Å². The third-order valence-corrected chi connectivity index (χ3v) is 14.7. The maximum absolute atomic E-state index is 15.1. The Kier molecular flexibility index (Phi) is 9.89. The molecule has 6 aromatic carbocycles. The molecule has 0 bridgehead atoms. The van der Waals surface area contributed by atoms with Gasteiger partial charge < -0.3 is 18.6 Å². The van der Waals surface area contributed by atoms with Crippen LogP contribution in [0.3, 0.4) is 0 Å². The molecule has 0 fully saturated rings. The molecule has 5 nitrogen and oxygen atoms in total. The van der Waals surface area contributed by atoms with E-state index >= 15 is 9.13 Å². The van der Waals surface area contributed by atoms with Crippen molar-refractivity contribution in [3.05, 3.63) is 199 Å². The first-order chi connectivity index (χ1) is 24.6. The van der Waals surface area contributed by atoms with Gasteiger partial charge in [-0.1, -0.05) is 152 Å². The van der Waals surface area contributed by atoms with Crippen LogP contribution in [0.25, 0.3) is 0 Å². The number of hydrogen-bond acceptors (Lipinski definition) is 5. The molecule has 0 atom stereocenters. The van der Waals surface area contributed by atoms with Gasteiger partial charge in [-0.2, -0.15) is 0 Å². The first-order valence-corrected chi connectivity index (χ1v) is 19.8. The average molecular weight is 692 g/mol. The predicted octanol–water partition coefficient (Wildman–Crippen LogP) is 7.52. The summed E-state index contributed by atoms with van der Waals surface area (Å²) in [7, 11) is -6.48. The number of aromatic nitrogens is 1. The first-order valence-electron chi connectivity index (χ1n) is 16.4. The lowest BCUT2D eigenvalue weighted by molar-refractivity contribution is 0.292. The Labute approximate surface area is 293 Å². The number of ether oxygens (including phenoxy) is 2. The third kappa shape index (κ3) is 6.71. The van der Waals surface area contributed by atoms with Gasteiger partial charge >= 0.3 is 0 Å². The van der Waals surface area contributed by atoms with Gasteiger partial charge in [0.05, 0.1) is 22.0 Å². The summed E-state index contributed by atoms with van der Waals surface area (Å²) in [5, 5.41) is 4.23. The van der Waals surface area contributed by atoms with E-state index in [0.29, 0.717) is 33.5 Å². The molecule has 7 aromatic rings. The number of hydrogen-bond donors (Lipinski definition) is 0. The van der Waals surface area contributed by atoms with Gasteiger partial charge in [0.15, 0.2) is 14.3 Å². The maximum atomic E-state index is 15.1. The highest BCUT2D eigenvalue weighted by Crippen LogP contribution is 2.46. The molecule has 0 unspecified atom stereocenters. The van der Waals surface area contributed by atoms with Crippen LogP contribution in [0.15, 0.2) is 188 Å². The SMILES string of the molecule is O=P(c1ccccc1)(c1ccccc1)c1ccccc1OCc1cccc(COc2ccccc2P(=O)(c2ccccc2)c2ccccc2)n1. The molecule has 0 aliphatic rings. The number of pyridine rings is 1. The number of nitrogens with zero attached hydrogens (tertiary/aromatic N) is 1. The Hall–Kier alpha value is -5.47. The van der Waals surface area contributed by atoms with E-state index in [9.17, 15) is 0 Å². The van der Waals surface area contributed by atoms with Crippen molar-refractivity contribution < 1.29 is 18.6 Å². The largest absolute Gasteiger partial charge is 0.486 e. The van der Waals surface area contributed by atoms with E-state index in [1.807, 2.05) is 188 Å². The molecule has 0 saturated carbocycles. The summed E-state index contributed by atoms with van der Waals surface area (Å²) < 4.78 is 42.9. The summed E-state index contributed by atoms with van der Waals surface area (Å²) in [4.78, 5) is 4.83. The molecule has 0 amide bonds. The molecule has 1 aromatic heterocycles. The van der Waals surface area contributed by atoms with Crippen molar-refractivity contribution in [2.45, 2.75) is 13.2 Å². The zero-order valence-electron chi connectivity index (χ0n) is 27.3. The molecule has 0 saturated heterocycles. The number of benzene rings is 6. The van der Waals surface area contributed by atoms with Crippen molar-refractivity contribution in [2.24, 2.45) is 0 Å². The van der Waals surface area contributed by atoms with Crippen LogP contribution in [0, 0.1) is 0 Å². The summed E-state index contributed by atoms with van der Waals surface area (Å²) in [5.41, 5.74) is 1.39. The smallest absolute Gasteiger partial charge is 0.174 e. The quantitative estimate of drug-likeness (QED) is 0.124. The van der Waals surface area contributed by atoms with E-state index < -0.39 is 14.3 Å². The first kappa shape index (κ1) is 33.0. The Morgan fingerprint density at radius 1 is 0.360 bits per heavy atom. The van der Waals surface area contributed by atoms with Crippen molar-refractivity contribution in [1.29, 1.82) is 0 Å². The van der Waals surface area contributed by atoms with Gasteiger partial charge in [0.1, 0.15) is 24.7 Å². The van der Waals surface area contributed by atoms with E-state index in [1.165, 1.54) is 0 Å². The molecule has 0 aliphatic carbocycles. The highest BCUT2D eigenvalue weighted by molar-refractivity contribution is 7.86. The minimum Gasteiger partial charge on any atom is -0.486 e. The topological polar surface area (TPSA) is 65.5 Å². The predicted molar refractivity (Wildman–Crippen MR) is 205 cm³/mol. The fourth-order valence-electron chi connectivity index (χ4n) is 6.08. The highest BCUT2D eigenvalue weighted by atomic mass is 31.2. The zero-order valence-corrected chi connectivity index (χ0v) is 29.1. The standard InChI is InChI=1S/C43H35NO4P2/c45-49(36-20-5-1-6-21-36,37-22-7-2-8-23-37)42-30-15-13-28-40(42)47-32-34-18-17-19-35(44-34)33-48-41-29-14-16-31-43(41)50(46,38-24-9-3-10-25-38)39-26-11-4-12-27-39/h1-31H,32-33H2. The van der Waals surface area contributed by atoms with Crippen LogP contribution in [0.5, 0.6) is 11.5 Å². The van der Waals surface area contributed by atoms with Crippen LogP contribution in [0.2, 0.25) is 0 Å². The van der Waals surface area contributed by atoms with Gasteiger partial charge in [0.25, 0.3) is 0 Å². The third-order valence-electron chi connectivity index (χ3n) is 8.50. The van der Waals surface area contributed by atoms with E-state index in [4.69, 9.17) is 14.5 Å². The Morgan fingerprint density at radius 3 is 1.00 bits per heavy atom. The maximum Gasteiger partial charge on any atom is 0.174 e. The fraction of sp³-hybridized carbons (Fsp3) is 0.0465. The van der Waals surface area contributed by atoms with Crippen LogP contribution in [0.1, 0.15) is 11.4 Å². The second-order valence-corrected chi connectivity index (χ2v) is 17.2. The molecule has 7 heteroatoms. The van der Waals surface area contributed by atoms with Gasteiger partial charge in [0, 0.05) is 21.2 Å². The van der Waals surface area contributed by atoms with E-state index in [0.717, 1.165) is 21.2 Å². The van der Waals surface area contributed by atoms with Gasteiger partial charge in [-0.15, -0.1) is 0 Å². The molecule has 0 N–H and O–H groups in total. The van der Waals surface area contributed by atoms with Gasteiger partial charge in [-0.05, 0) is 36.4 Å². The Balaban J connectivity index is 1.14. The molecule has 0 radical (unpaired) electrons. The van der Waals surface area contributed by atoms with E-state index in [1.54, 1.807) is 0 Å². The lowest BCUT2D eigenvalue weighted by Gasteiger charge is -2.23. The second-order valence-electron chi connectivity index (χ2n) is 11.7. The molecular formula is C43H35NO4P2. The van der Waals surface area contributed by atoms with Crippen LogP contribution >= 0.6 is 14.3 Å².